The smallest absolute Gasteiger partial charge is 0.254 e. The minimum absolute atomic E-state index is 0.202. The van der Waals surface area contributed by atoms with E-state index in [4.69, 9.17) is 0 Å². The Bertz CT molecular complexity index is 478. The summed E-state index contributed by atoms with van der Waals surface area (Å²) >= 11 is 0. The van der Waals surface area contributed by atoms with Gasteiger partial charge in [-0.05, 0) is 37.6 Å². The number of nitrogens with zero attached hydrogens (tertiary/aromatic N) is 2. The van der Waals surface area contributed by atoms with Crippen LogP contribution in [0.1, 0.15) is 22.3 Å². The molecule has 0 saturated carbocycles. The summed E-state index contributed by atoms with van der Waals surface area (Å²) in [5.41, 5.74) is 3.25. The van der Waals surface area contributed by atoms with E-state index in [0.717, 1.165) is 56.8 Å². The molecule has 1 aromatic rings. The van der Waals surface area contributed by atoms with Gasteiger partial charge in [-0.15, -0.1) is 0 Å². The second-order valence-electron chi connectivity index (χ2n) is 5.46. The lowest BCUT2D eigenvalue weighted by molar-refractivity contribution is 0.0663. The molecule has 0 bridgehead atoms. The molecule has 1 amide bonds. The Balaban J connectivity index is 1.83. The molecule has 2 heterocycles. The van der Waals surface area contributed by atoms with Gasteiger partial charge in [0.05, 0.1) is 0 Å². The Labute approximate surface area is 114 Å². The molecule has 0 aliphatic carbocycles. The molecule has 1 aromatic carbocycles. The number of anilines is 1. The molecule has 1 N–H and O–H groups in total. The molecule has 4 heteroatoms. The lowest BCUT2D eigenvalue weighted by atomic mass is 9.96. The van der Waals surface area contributed by atoms with Crippen molar-refractivity contribution in [1.29, 1.82) is 0 Å². The summed E-state index contributed by atoms with van der Waals surface area (Å²) in [5.74, 6) is 0.202. The Morgan fingerprint density at radius 2 is 2.00 bits per heavy atom. The van der Waals surface area contributed by atoms with Crippen LogP contribution in [0, 0.1) is 0 Å². The van der Waals surface area contributed by atoms with Gasteiger partial charge in [0, 0.05) is 44.0 Å². The van der Waals surface area contributed by atoms with Crippen molar-refractivity contribution in [1.82, 2.24) is 9.80 Å². The second-order valence-corrected chi connectivity index (χ2v) is 5.46. The van der Waals surface area contributed by atoms with E-state index >= 15 is 0 Å². The third-order valence-electron chi connectivity index (χ3n) is 4.12. The predicted octanol–water partition coefficient (Wildman–Crippen LogP) is 1.43. The molecule has 1 fully saturated rings. The Morgan fingerprint density at radius 1 is 1.21 bits per heavy atom. The highest BCUT2D eigenvalue weighted by Crippen LogP contribution is 2.26. The van der Waals surface area contributed by atoms with Crippen LogP contribution in [0.2, 0.25) is 0 Å². The average Bonchev–Trinajstić information content (AvgIpc) is 2.47. The number of carbonyl (C=O) groups is 1. The van der Waals surface area contributed by atoms with Crippen LogP contribution in [0.4, 0.5) is 5.69 Å². The van der Waals surface area contributed by atoms with Gasteiger partial charge in [-0.1, -0.05) is 6.07 Å². The van der Waals surface area contributed by atoms with Crippen molar-refractivity contribution in [3.8, 4) is 0 Å². The number of hydrogen-bond donors (Lipinski definition) is 1. The maximum absolute atomic E-state index is 12.7. The van der Waals surface area contributed by atoms with E-state index in [1.54, 1.807) is 0 Å². The van der Waals surface area contributed by atoms with Crippen molar-refractivity contribution in [2.45, 2.75) is 12.8 Å². The summed E-state index contributed by atoms with van der Waals surface area (Å²) in [5, 5.41) is 3.39. The van der Waals surface area contributed by atoms with Crippen molar-refractivity contribution in [2.75, 3.05) is 45.1 Å². The molecular formula is C15H21N3O. The summed E-state index contributed by atoms with van der Waals surface area (Å²) < 4.78 is 0. The van der Waals surface area contributed by atoms with Crippen LogP contribution in [-0.4, -0.2) is 55.5 Å². The fraction of sp³-hybridized carbons (Fsp3) is 0.533. The molecule has 4 nitrogen and oxygen atoms in total. The van der Waals surface area contributed by atoms with Gasteiger partial charge in [0.15, 0.2) is 0 Å². The van der Waals surface area contributed by atoms with E-state index in [-0.39, 0.29) is 5.91 Å². The lowest BCUT2D eigenvalue weighted by Gasteiger charge is -2.33. The van der Waals surface area contributed by atoms with Crippen molar-refractivity contribution < 1.29 is 4.79 Å². The van der Waals surface area contributed by atoms with Crippen LogP contribution in [0.15, 0.2) is 18.2 Å². The van der Waals surface area contributed by atoms with Gasteiger partial charge >= 0.3 is 0 Å². The second kappa shape index (κ2) is 5.21. The summed E-state index contributed by atoms with van der Waals surface area (Å²) in [6.07, 6.45) is 2.12. The molecule has 0 aromatic heterocycles. The number of fused-ring (bicyclic) bond motifs is 1. The first-order chi connectivity index (χ1) is 9.25. The van der Waals surface area contributed by atoms with E-state index in [0.29, 0.717) is 0 Å². The van der Waals surface area contributed by atoms with Gasteiger partial charge in [0.1, 0.15) is 0 Å². The van der Waals surface area contributed by atoms with E-state index in [2.05, 4.69) is 23.3 Å². The minimum atomic E-state index is 0.202. The fourth-order valence-electron chi connectivity index (χ4n) is 2.89. The zero-order chi connectivity index (χ0) is 13.2. The standard InChI is InChI=1S/C15H21N3O/c1-17-8-10-18(11-9-17)15(19)13-4-2-6-14-12(13)5-3-7-16-14/h2,4,6,16H,3,5,7-11H2,1H3. The van der Waals surface area contributed by atoms with Crippen LogP contribution in [0.3, 0.4) is 0 Å². The number of nitrogens with one attached hydrogen (secondary N) is 1. The number of benzene rings is 1. The third kappa shape index (κ3) is 2.45. The Kier molecular flexibility index (Phi) is 3.42. The van der Waals surface area contributed by atoms with Crippen LogP contribution >= 0.6 is 0 Å². The fourth-order valence-corrected chi connectivity index (χ4v) is 2.89. The van der Waals surface area contributed by atoms with Crippen LogP contribution in [0.25, 0.3) is 0 Å². The van der Waals surface area contributed by atoms with Gasteiger partial charge < -0.3 is 15.1 Å². The van der Waals surface area contributed by atoms with Gasteiger partial charge in [0.2, 0.25) is 0 Å². The summed E-state index contributed by atoms with van der Waals surface area (Å²) in [6, 6.07) is 6.04. The average molecular weight is 259 g/mol. The molecule has 0 spiro atoms. The van der Waals surface area contributed by atoms with E-state index in [1.807, 2.05) is 17.0 Å². The Morgan fingerprint density at radius 3 is 2.79 bits per heavy atom. The molecule has 0 unspecified atom stereocenters. The Hall–Kier alpha value is -1.55. The van der Waals surface area contributed by atoms with Crippen molar-refractivity contribution >= 4 is 11.6 Å². The molecule has 102 valence electrons. The third-order valence-corrected chi connectivity index (χ3v) is 4.12. The number of amides is 1. The molecule has 1 saturated heterocycles. The van der Waals surface area contributed by atoms with Gasteiger partial charge in [-0.2, -0.15) is 0 Å². The molecular weight excluding hydrogens is 238 g/mol. The van der Waals surface area contributed by atoms with E-state index < -0.39 is 0 Å². The molecule has 2 aliphatic rings. The first-order valence-corrected chi connectivity index (χ1v) is 7.09. The van der Waals surface area contributed by atoms with Crippen LogP contribution in [-0.2, 0) is 6.42 Å². The van der Waals surface area contributed by atoms with E-state index in [9.17, 15) is 4.79 Å². The maximum atomic E-state index is 12.7. The predicted molar refractivity (Wildman–Crippen MR) is 76.7 cm³/mol. The largest absolute Gasteiger partial charge is 0.385 e. The number of hydrogen-bond acceptors (Lipinski definition) is 3. The normalized spacial score (nSPS) is 19.7. The lowest BCUT2D eigenvalue weighted by Crippen LogP contribution is -2.47. The zero-order valence-electron chi connectivity index (χ0n) is 11.5. The quantitative estimate of drug-likeness (QED) is 0.829. The van der Waals surface area contributed by atoms with Gasteiger partial charge in [-0.25, -0.2) is 0 Å². The van der Waals surface area contributed by atoms with Crippen LogP contribution in [0.5, 0.6) is 0 Å². The number of piperazine rings is 1. The molecule has 0 radical (unpaired) electrons. The van der Waals surface area contributed by atoms with Crippen molar-refractivity contribution in [3.05, 3.63) is 29.3 Å². The topological polar surface area (TPSA) is 35.6 Å². The summed E-state index contributed by atoms with van der Waals surface area (Å²) in [4.78, 5) is 16.9. The minimum Gasteiger partial charge on any atom is -0.385 e. The first kappa shape index (κ1) is 12.5. The van der Waals surface area contributed by atoms with Crippen molar-refractivity contribution in [3.63, 3.8) is 0 Å². The maximum Gasteiger partial charge on any atom is 0.254 e. The van der Waals surface area contributed by atoms with E-state index in [1.165, 1.54) is 5.56 Å². The monoisotopic (exact) mass is 259 g/mol. The first-order valence-electron chi connectivity index (χ1n) is 7.09. The highest BCUT2D eigenvalue weighted by molar-refractivity contribution is 5.97. The van der Waals surface area contributed by atoms with Gasteiger partial charge in [-0.3, -0.25) is 4.79 Å². The molecule has 0 atom stereocenters. The van der Waals surface area contributed by atoms with Gasteiger partial charge in [0.25, 0.3) is 5.91 Å². The SMILES string of the molecule is CN1CCN(C(=O)c2cccc3c2CCCN3)CC1. The summed E-state index contributed by atoms with van der Waals surface area (Å²) in [6.45, 7) is 4.63. The number of rotatable bonds is 1. The molecule has 2 aliphatic heterocycles. The molecule has 3 rings (SSSR count). The highest BCUT2D eigenvalue weighted by atomic mass is 16.2. The number of likely N-dealkylation sites (N-methyl/N-ethyl adjacent to an activating group) is 1. The highest BCUT2D eigenvalue weighted by Gasteiger charge is 2.24. The zero-order valence-corrected chi connectivity index (χ0v) is 11.5. The van der Waals surface area contributed by atoms with Crippen LogP contribution < -0.4 is 5.32 Å². The molecule has 19 heavy (non-hydrogen) atoms. The summed E-state index contributed by atoms with van der Waals surface area (Å²) in [7, 11) is 2.11. The van der Waals surface area contributed by atoms with Crippen molar-refractivity contribution in [2.24, 2.45) is 0 Å². The number of carbonyl (C=O) groups excluding carboxylic acids is 1.